The van der Waals surface area contributed by atoms with Crippen molar-refractivity contribution in [2.75, 3.05) is 0 Å². The van der Waals surface area contributed by atoms with E-state index in [0.29, 0.717) is 28.4 Å². The Labute approximate surface area is 312 Å². The van der Waals surface area contributed by atoms with Crippen molar-refractivity contribution in [1.82, 2.24) is 10.3 Å². The Hall–Kier alpha value is -4.27. The number of Topliss-reactive ketones (excluding diaryl/α,β-unsaturated/α-hetero) is 2. The molecule has 1 aliphatic rings. The number of rotatable bonds is 9. The first-order valence-electron chi connectivity index (χ1n) is 17.2. The molecule has 1 aromatic heterocycles. The summed E-state index contributed by atoms with van der Waals surface area (Å²) in [5, 5.41) is 12.2. The smallest absolute Gasteiger partial charge is 0.304 e. The molecule has 3 aromatic carbocycles. The van der Waals surface area contributed by atoms with Gasteiger partial charge in [0.05, 0.1) is 11.4 Å². The summed E-state index contributed by atoms with van der Waals surface area (Å²) in [7, 11) is 0. The fraction of sp³-hybridized carbons (Fsp3) is 0.390. The predicted octanol–water partition coefficient (Wildman–Crippen LogP) is 10.5. The quantitative estimate of drug-likeness (QED) is 0.129. The summed E-state index contributed by atoms with van der Waals surface area (Å²) in [6, 6.07) is 21.0. The van der Waals surface area contributed by atoms with Gasteiger partial charge in [-0.25, -0.2) is 4.98 Å². The molecule has 1 aliphatic carbocycles. The van der Waals surface area contributed by atoms with Crippen LogP contribution in [0.15, 0.2) is 83.8 Å². The number of benzene rings is 3. The van der Waals surface area contributed by atoms with Crippen molar-refractivity contribution in [3.05, 3.63) is 112 Å². The predicted molar refractivity (Wildman–Crippen MR) is 208 cm³/mol. The third kappa shape index (κ3) is 15.7. The summed E-state index contributed by atoms with van der Waals surface area (Å²) in [6.07, 6.45) is 4.73. The molecule has 2 unspecified atom stereocenters. The summed E-state index contributed by atoms with van der Waals surface area (Å²) in [4.78, 5) is 48.1. The normalized spacial score (nSPS) is 12.5. The topological polar surface area (TPSA) is 127 Å². The van der Waals surface area contributed by atoms with Gasteiger partial charge < -0.3 is 19.6 Å². The van der Waals surface area contributed by atoms with Crippen molar-refractivity contribution >= 4 is 57.7 Å². The summed E-state index contributed by atoms with van der Waals surface area (Å²) in [5.74, 6) is -0.983. The number of carboxylic acid groups (broad SMARTS) is 1. The van der Waals surface area contributed by atoms with Gasteiger partial charge in [-0.3, -0.25) is 14.4 Å². The number of carbonyl (C=O) groups is 4. The number of oxazole rings is 1. The molecule has 0 radical (unpaired) electrons. The second-order valence-electron chi connectivity index (χ2n) is 12.3. The number of hydrogen-bond acceptors (Lipinski definition) is 6. The molecule has 5 rings (SSSR count). The lowest BCUT2D eigenvalue weighted by molar-refractivity contribution is -0.137. The van der Waals surface area contributed by atoms with E-state index < -0.39 is 17.7 Å². The zero-order chi connectivity index (χ0) is 38.7. The second-order valence-corrected chi connectivity index (χ2v) is 13.1. The summed E-state index contributed by atoms with van der Waals surface area (Å²) in [6.45, 7) is 19.1. The molecular formula is C41H52Cl2N2O6. The Morgan fingerprint density at radius 3 is 1.98 bits per heavy atom. The van der Waals surface area contributed by atoms with Crippen LogP contribution < -0.4 is 5.32 Å². The minimum absolute atomic E-state index is 0.0257. The molecule has 0 spiro atoms. The Bertz CT molecular complexity index is 1690. The maximum atomic E-state index is 12.0. The fourth-order valence-electron chi connectivity index (χ4n) is 4.73. The largest absolute Gasteiger partial charge is 0.481 e. The fourth-order valence-corrected chi connectivity index (χ4v) is 5.25. The number of nitrogens with zero attached hydrogens (tertiary/aromatic N) is 1. The van der Waals surface area contributed by atoms with Crippen LogP contribution in [0.25, 0.3) is 11.1 Å². The Morgan fingerprint density at radius 1 is 0.980 bits per heavy atom. The first-order chi connectivity index (χ1) is 24.2. The van der Waals surface area contributed by atoms with Gasteiger partial charge in [-0.2, -0.15) is 0 Å². The maximum absolute atomic E-state index is 12.0. The Kier molecular flexibility index (Phi) is 20.4. The molecule has 1 amide bonds. The van der Waals surface area contributed by atoms with E-state index in [4.69, 9.17) is 32.7 Å². The Balaban J connectivity index is 0.000000361. The van der Waals surface area contributed by atoms with Crippen molar-refractivity contribution in [2.24, 2.45) is 17.8 Å². The summed E-state index contributed by atoms with van der Waals surface area (Å²) < 4.78 is 5.27. The van der Waals surface area contributed by atoms with Gasteiger partial charge in [-0.1, -0.05) is 120 Å². The monoisotopic (exact) mass is 738 g/mol. The number of aromatic nitrogens is 1. The van der Waals surface area contributed by atoms with Gasteiger partial charge in [0.25, 0.3) is 11.8 Å². The zero-order valence-electron chi connectivity index (χ0n) is 31.0. The van der Waals surface area contributed by atoms with E-state index in [9.17, 15) is 19.2 Å². The molecule has 0 saturated heterocycles. The highest BCUT2D eigenvalue weighted by Crippen LogP contribution is 2.29. The van der Waals surface area contributed by atoms with Gasteiger partial charge in [0.2, 0.25) is 5.78 Å². The molecule has 1 heterocycles. The van der Waals surface area contributed by atoms with Gasteiger partial charge in [-0.15, -0.1) is 6.58 Å². The molecule has 51 heavy (non-hydrogen) atoms. The summed E-state index contributed by atoms with van der Waals surface area (Å²) >= 11 is 11.7. The van der Waals surface area contributed by atoms with E-state index in [1.165, 1.54) is 31.9 Å². The van der Waals surface area contributed by atoms with E-state index in [1.807, 2.05) is 39.0 Å². The SMILES string of the molecule is C=CC(NC(=O)c1ccccc1)C(C)C.CC.CC(CC(=O)O)C(=O)c1nc2cc(Cl)cc(Cl)c2o1.CC1Cc2ccccc2C1.CCC(C)=O. The number of carbonyl (C=O) groups excluding carboxylic acids is 3. The van der Waals surface area contributed by atoms with Crippen LogP contribution in [0.4, 0.5) is 0 Å². The van der Waals surface area contributed by atoms with Crippen LogP contribution in [-0.4, -0.2) is 39.6 Å². The van der Waals surface area contributed by atoms with Crippen molar-refractivity contribution in [3.8, 4) is 0 Å². The molecule has 0 saturated carbocycles. The lowest BCUT2D eigenvalue weighted by Gasteiger charge is -2.18. The standard InChI is InChI=1S/C13H17NO.C12H9Cl2NO4.C10H12.C4H8O.C2H6/c1-4-12(10(2)3)14-13(15)11-8-6-5-7-9-11;1-5(2-9(16)17)10(18)12-15-8-4-6(13)3-7(14)11(8)19-12;1-8-6-9-4-2-3-5-10(9)7-8;1-3-4(2)5;1-2/h4-10,12H,1H2,2-3H3,(H,14,15);3-5H,2H2,1H3,(H,16,17);2-5,8H,6-7H2,1H3;3H2,1-2H3;1-2H3. The van der Waals surface area contributed by atoms with Crippen molar-refractivity contribution in [1.29, 1.82) is 0 Å². The maximum Gasteiger partial charge on any atom is 0.304 e. The second kappa shape index (κ2) is 23.3. The van der Waals surface area contributed by atoms with Crippen LogP contribution in [0.1, 0.15) is 100 Å². The lowest BCUT2D eigenvalue weighted by atomic mass is 10.0. The first kappa shape index (κ1) is 44.8. The van der Waals surface area contributed by atoms with Gasteiger partial charge in [0.15, 0.2) is 5.58 Å². The molecule has 4 aromatic rings. The van der Waals surface area contributed by atoms with Crippen LogP contribution in [0.5, 0.6) is 0 Å². The van der Waals surface area contributed by atoms with Crippen LogP contribution in [0.2, 0.25) is 10.0 Å². The van der Waals surface area contributed by atoms with Crippen molar-refractivity contribution in [3.63, 3.8) is 0 Å². The van der Waals surface area contributed by atoms with E-state index in [2.05, 4.69) is 61.9 Å². The Morgan fingerprint density at radius 2 is 1.51 bits per heavy atom. The number of halogens is 2. The molecule has 276 valence electrons. The minimum atomic E-state index is -1.06. The molecule has 10 heteroatoms. The van der Waals surface area contributed by atoms with Gasteiger partial charge in [-0.05, 0) is 67.0 Å². The van der Waals surface area contributed by atoms with Crippen LogP contribution >= 0.6 is 23.2 Å². The van der Waals surface area contributed by atoms with Gasteiger partial charge >= 0.3 is 5.97 Å². The molecule has 2 atom stereocenters. The summed E-state index contributed by atoms with van der Waals surface area (Å²) in [5.41, 5.74) is 4.44. The zero-order valence-corrected chi connectivity index (χ0v) is 32.5. The lowest BCUT2D eigenvalue weighted by Crippen LogP contribution is -2.36. The third-order valence-corrected chi connectivity index (χ3v) is 8.11. The number of carboxylic acids is 1. The van der Waals surface area contributed by atoms with Gasteiger partial charge in [0.1, 0.15) is 11.3 Å². The first-order valence-corrected chi connectivity index (χ1v) is 18.0. The van der Waals surface area contributed by atoms with E-state index in [0.717, 1.165) is 5.92 Å². The van der Waals surface area contributed by atoms with E-state index in [1.54, 1.807) is 36.3 Å². The third-order valence-electron chi connectivity index (χ3n) is 7.61. The highest BCUT2D eigenvalue weighted by atomic mass is 35.5. The van der Waals surface area contributed by atoms with Gasteiger partial charge in [0, 0.05) is 29.0 Å². The molecule has 0 aliphatic heterocycles. The van der Waals surface area contributed by atoms with E-state index in [-0.39, 0.29) is 40.6 Å². The molecule has 8 nitrogen and oxygen atoms in total. The van der Waals surface area contributed by atoms with Crippen LogP contribution in [0, 0.1) is 17.8 Å². The highest BCUT2D eigenvalue weighted by Gasteiger charge is 2.24. The molecular weight excluding hydrogens is 687 g/mol. The minimum Gasteiger partial charge on any atom is -0.481 e. The van der Waals surface area contributed by atoms with Crippen LogP contribution in [0.3, 0.4) is 0 Å². The number of aliphatic carboxylic acids is 1. The number of fused-ring (bicyclic) bond motifs is 2. The van der Waals surface area contributed by atoms with Crippen molar-refractivity contribution in [2.45, 2.75) is 87.1 Å². The number of hydrogen-bond donors (Lipinski definition) is 2. The molecule has 0 bridgehead atoms. The number of nitrogens with one attached hydrogen (secondary N) is 1. The van der Waals surface area contributed by atoms with E-state index >= 15 is 0 Å². The average Bonchev–Trinajstić information content (AvgIpc) is 3.71. The number of ketones is 2. The molecule has 2 N–H and O–H groups in total. The van der Waals surface area contributed by atoms with Crippen molar-refractivity contribution < 1.29 is 28.7 Å². The molecule has 0 fully saturated rings. The van der Waals surface area contributed by atoms with Crippen LogP contribution in [-0.2, 0) is 22.4 Å². The average molecular weight is 740 g/mol. The highest BCUT2D eigenvalue weighted by molar-refractivity contribution is 6.38. The number of amides is 1.